The Labute approximate surface area is 96.2 Å². The van der Waals surface area contributed by atoms with E-state index in [1.54, 1.807) is 0 Å². The molecule has 0 radical (unpaired) electrons. The summed E-state index contributed by atoms with van der Waals surface area (Å²) >= 11 is 1.98. The minimum Gasteiger partial charge on any atom is -0.481 e. The second-order valence-corrected chi connectivity index (χ2v) is 6.01. The van der Waals surface area contributed by atoms with Crippen LogP contribution < -0.4 is 0 Å². The van der Waals surface area contributed by atoms with Gasteiger partial charge in [-0.1, -0.05) is 0 Å². The van der Waals surface area contributed by atoms with Crippen molar-refractivity contribution in [3.63, 3.8) is 0 Å². The smallest absolute Gasteiger partial charge is 0.305 e. The topological polar surface area (TPSA) is 40.5 Å². The van der Waals surface area contributed by atoms with Gasteiger partial charge < -0.3 is 5.11 Å². The summed E-state index contributed by atoms with van der Waals surface area (Å²) in [6, 6.07) is 0.540. The Morgan fingerprint density at radius 2 is 2.27 bits per heavy atom. The number of rotatable bonds is 4. The first kappa shape index (κ1) is 12.8. The molecule has 0 aromatic heterocycles. The minimum atomic E-state index is -0.713. The monoisotopic (exact) mass is 231 g/mol. The van der Waals surface area contributed by atoms with Gasteiger partial charge in [0.25, 0.3) is 0 Å². The molecule has 1 unspecified atom stereocenters. The third-order valence-corrected chi connectivity index (χ3v) is 4.42. The fourth-order valence-corrected chi connectivity index (χ4v) is 3.22. The van der Waals surface area contributed by atoms with Crippen LogP contribution in [0.15, 0.2) is 0 Å². The molecule has 1 N–H and O–H groups in total. The molecular formula is C11H21NO2S. The lowest BCUT2D eigenvalue weighted by Crippen LogP contribution is -2.50. The van der Waals surface area contributed by atoms with Crippen molar-refractivity contribution < 1.29 is 9.90 Å². The van der Waals surface area contributed by atoms with Crippen molar-refractivity contribution in [3.05, 3.63) is 0 Å². The fourth-order valence-electron chi connectivity index (χ4n) is 2.02. The lowest BCUT2D eigenvalue weighted by molar-refractivity contribution is -0.140. The molecule has 1 rings (SSSR count). The van der Waals surface area contributed by atoms with Gasteiger partial charge in [0.15, 0.2) is 0 Å². The molecule has 0 amide bonds. The summed E-state index contributed by atoms with van der Waals surface area (Å²) in [5.74, 6) is 1.68. The summed E-state index contributed by atoms with van der Waals surface area (Å²) in [4.78, 5) is 13.0. The Kier molecular flexibility index (Phi) is 4.46. The van der Waals surface area contributed by atoms with E-state index in [0.29, 0.717) is 6.04 Å². The Hall–Kier alpha value is -0.220. The van der Waals surface area contributed by atoms with Crippen molar-refractivity contribution in [1.82, 2.24) is 4.90 Å². The molecule has 0 spiro atoms. The number of carboxylic acid groups (broad SMARTS) is 1. The van der Waals surface area contributed by atoms with E-state index in [-0.39, 0.29) is 12.0 Å². The molecule has 4 heteroatoms. The molecular weight excluding hydrogens is 210 g/mol. The number of nitrogens with zero attached hydrogens (tertiary/aromatic N) is 1. The summed E-state index contributed by atoms with van der Waals surface area (Å²) in [6.07, 6.45) is 2.67. The zero-order valence-corrected chi connectivity index (χ0v) is 10.6. The highest BCUT2D eigenvalue weighted by molar-refractivity contribution is 7.99. The lowest BCUT2D eigenvalue weighted by atomic mass is 9.96. The summed E-state index contributed by atoms with van der Waals surface area (Å²) < 4.78 is 0. The van der Waals surface area contributed by atoms with Gasteiger partial charge in [0, 0.05) is 17.3 Å². The quantitative estimate of drug-likeness (QED) is 0.804. The molecule has 1 saturated heterocycles. The highest BCUT2D eigenvalue weighted by Gasteiger charge is 2.32. The third-order valence-electron chi connectivity index (χ3n) is 3.22. The van der Waals surface area contributed by atoms with E-state index < -0.39 is 5.97 Å². The molecule has 1 aliphatic rings. The van der Waals surface area contributed by atoms with Gasteiger partial charge in [-0.2, -0.15) is 11.8 Å². The number of aliphatic carboxylic acids is 1. The van der Waals surface area contributed by atoms with Crippen LogP contribution in [0.3, 0.4) is 0 Å². The lowest BCUT2D eigenvalue weighted by Gasteiger charge is -2.41. The van der Waals surface area contributed by atoms with E-state index in [4.69, 9.17) is 5.11 Å². The van der Waals surface area contributed by atoms with E-state index in [2.05, 4.69) is 11.9 Å². The van der Waals surface area contributed by atoms with Crippen LogP contribution in [0.4, 0.5) is 0 Å². The molecule has 1 aliphatic heterocycles. The summed E-state index contributed by atoms with van der Waals surface area (Å²) in [5.41, 5.74) is -0.242. The molecule has 1 heterocycles. The predicted octanol–water partition coefficient (Wildman–Crippen LogP) is 2.07. The van der Waals surface area contributed by atoms with Crippen molar-refractivity contribution >= 4 is 17.7 Å². The second-order valence-electron chi connectivity index (χ2n) is 4.86. The molecule has 3 nitrogen and oxygen atoms in total. The zero-order valence-electron chi connectivity index (χ0n) is 9.82. The SMILES string of the molecule is CN(C1CCCSC1)C(C)(C)CC(=O)O. The average Bonchev–Trinajstić information content (AvgIpc) is 2.16. The number of hydrogen-bond donors (Lipinski definition) is 1. The average molecular weight is 231 g/mol. The van der Waals surface area contributed by atoms with Crippen molar-refractivity contribution in [2.24, 2.45) is 0 Å². The van der Waals surface area contributed by atoms with Crippen molar-refractivity contribution in [3.8, 4) is 0 Å². The predicted molar refractivity (Wildman–Crippen MR) is 64.4 cm³/mol. The van der Waals surface area contributed by atoms with Crippen LogP contribution in [-0.4, -0.2) is 46.1 Å². The number of carboxylic acids is 1. The molecule has 1 fully saturated rings. The first-order chi connectivity index (χ1) is 6.93. The molecule has 0 aliphatic carbocycles. The van der Waals surface area contributed by atoms with Gasteiger partial charge in [0.05, 0.1) is 6.42 Å². The minimum absolute atomic E-state index is 0.213. The second kappa shape index (κ2) is 5.21. The normalized spacial score (nSPS) is 23.1. The number of carbonyl (C=O) groups is 1. The van der Waals surface area contributed by atoms with Gasteiger partial charge in [0.2, 0.25) is 0 Å². The van der Waals surface area contributed by atoms with Gasteiger partial charge in [-0.05, 0) is 39.5 Å². The van der Waals surface area contributed by atoms with Gasteiger partial charge in [-0.3, -0.25) is 9.69 Å². The van der Waals surface area contributed by atoms with Gasteiger partial charge in [-0.15, -0.1) is 0 Å². The zero-order chi connectivity index (χ0) is 11.5. The summed E-state index contributed by atoms with van der Waals surface area (Å²) in [7, 11) is 2.06. The third kappa shape index (κ3) is 3.68. The molecule has 0 aromatic rings. The fraction of sp³-hybridized carbons (Fsp3) is 0.909. The first-order valence-corrected chi connectivity index (χ1v) is 6.61. The van der Waals surface area contributed by atoms with Crippen molar-refractivity contribution in [2.75, 3.05) is 18.6 Å². The molecule has 0 aromatic carbocycles. The van der Waals surface area contributed by atoms with Crippen LogP contribution in [0.5, 0.6) is 0 Å². The van der Waals surface area contributed by atoms with E-state index in [1.807, 2.05) is 25.6 Å². The van der Waals surface area contributed by atoms with Crippen LogP contribution in [0.25, 0.3) is 0 Å². The van der Waals surface area contributed by atoms with E-state index in [0.717, 1.165) is 5.75 Å². The van der Waals surface area contributed by atoms with Gasteiger partial charge in [0.1, 0.15) is 0 Å². The molecule has 88 valence electrons. The van der Waals surface area contributed by atoms with Crippen LogP contribution in [-0.2, 0) is 4.79 Å². The first-order valence-electron chi connectivity index (χ1n) is 5.46. The Morgan fingerprint density at radius 1 is 1.60 bits per heavy atom. The van der Waals surface area contributed by atoms with E-state index in [1.165, 1.54) is 18.6 Å². The highest BCUT2D eigenvalue weighted by atomic mass is 32.2. The summed E-state index contributed by atoms with van der Waals surface area (Å²) in [5, 5.41) is 8.86. The Balaban J connectivity index is 2.55. The van der Waals surface area contributed by atoms with Crippen LogP contribution in [0.1, 0.15) is 33.1 Å². The van der Waals surface area contributed by atoms with Crippen LogP contribution in [0.2, 0.25) is 0 Å². The van der Waals surface area contributed by atoms with Crippen LogP contribution in [0, 0.1) is 0 Å². The van der Waals surface area contributed by atoms with Crippen molar-refractivity contribution in [2.45, 2.75) is 44.7 Å². The largest absolute Gasteiger partial charge is 0.481 e. The van der Waals surface area contributed by atoms with E-state index in [9.17, 15) is 4.79 Å². The Morgan fingerprint density at radius 3 is 2.73 bits per heavy atom. The standard InChI is InChI=1S/C11H21NO2S/c1-11(2,7-10(13)14)12(3)9-5-4-6-15-8-9/h9H,4-8H2,1-3H3,(H,13,14). The summed E-state index contributed by atoms with van der Waals surface area (Å²) in [6.45, 7) is 4.03. The van der Waals surface area contributed by atoms with Gasteiger partial charge in [-0.25, -0.2) is 0 Å². The van der Waals surface area contributed by atoms with Gasteiger partial charge >= 0.3 is 5.97 Å². The molecule has 0 bridgehead atoms. The molecule has 0 saturated carbocycles. The Bertz CT molecular complexity index is 225. The van der Waals surface area contributed by atoms with Crippen LogP contribution >= 0.6 is 11.8 Å². The van der Waals surface area contributed by atoms with Crippen molar-refractivity contribution in [1.29, 1.82) is 0 Å². The highest BCUT2D eigenvalue weighted by Crippen LogP contribution is 2.27. The van der Waals surface area contributed by atoms with E-state index >= 15 is 0 Å². The number of thioether (sulfide) groups is 1. The maximum Gasteiger partial charge on any atom is 0.305 e. The maximum absolute atomic E-state index is 10.8. The maximum atomic E-state index is 10.8. The molecule has 15 heavy (non-hydrogen) atoms. The number of hydrogen-bond acceptors (Lipinski definition) is 3. The molecule has 1 atom stereocenters.